The molecular formula is C13H16N2O5. The Morgan fingerprint density at radius 1 is 1.10 bits per heavy atom. The van der Waals surface area contributed by atoms with Crippen LogP contribution in [0.4, 0.5) is 0 Å². The van der Waals surface area contributed by atoms with E-state index in [0.29, 0.717) is 10.5 Å². The van der Waals surface area contributed by atoms with Crippen LogP contribution in [-0.4, -0.2) is 46.0 Å². The van der Waals surface area contributed by atoms with E-state index in [1.54, 1.807) is 24.3 Å². The number of benzene rings is 1. The number of aryl methyl sites for hydroxylation is 1. The first kappa shape index (κ1) is 15.6. The number of aliphatic carboxylic acids is 2. The number of carboxylic acids is 2. The molecule has 0 fully saturated rings. The Hall–Kier alpha value is -2.41. The predicted molar refractivity (Wildman–Crippen MR) is 70.0 cm³/mol. The third-order valence-corrected chi connectivity index (χ3v) is 2.67. The molecule has 0 aromatic heterocycles. The number of rotatable bonds is 6. The van der Waals surface area contributed by atoms with Crippen molar-refractivity contribution in [1.29, 1.82) is 0 Å². The van der Waals surface area contributed by atoms with Gasteiger partial charge in [-0.25, -0.2) is 0 Å². The lowest BCUT2D eigenvalue weighted by Gasteiger charge is -2.22. The first-order chi connectivity index (χ1) is 9.31. The third-order valence-electron chi connectivity index (χ3n) is 2.67. The summed E-state index contributed by atoms with van der Waals surface area (Å²) in [4.78, 5) is 34.1. The summed E-state index contributed by atoms with van der Waals surface area (Å²) in [6, 6.07) is 5.74. The lowest BCUT2D eigenvalue weighted by Crippen LogP contribution is -2.44. The summed E-state index contributed by atoms with van der Waals surface area (Å²) in [6.45, 7) is 0.466. The summed E-state index contributed by atoms with van der Waals surface area (Å²) in [5.41, 5.74) is 7.25. The zero-order valence-electron chi connectivity index (χ0n) is 10.9. The SMILES string of the molecule is Cc1ccc(C(N)C(=O)N(CC(=O)O)CC(=O)O)cc1. The number of carbonyl (C=O) groups excluding carboxylic acids is 1. The fourth-order valence-corrected chi connectivity index (χ4v) is 1.65. The molecule has 0 saturated heterocycles. The van der Waals surface area contributed by atoms with Crippen LogP contribution in [0.3, 0.4) is 0 Å². The van der Waals surface area contributed by atoms with Crippen LogP contribution >= 0.6 is 0 Å². The Kier molecular flexibility index (Phi) is 5.22. The van der Waals surface area contributed by atoms with E-state index in [-0.39, 0.29) is 0 Å². The molecule has 1 aromatic rings. The van der Waals surface area contributed by atoms with Crippen molar-refractivity contribution in [2.45, 2.75) is 13.0 Å². The molecule has 4 N–H and O–H groups in total. The molecule has 0 heterocycles. The third kappa shape index (κ3) is 4.36. The van der Waals surface area contributed by atoms with Gasteiger partial charge in [0.1, 0.15) is 19.1 Å². The molecule has 1 aromatic carbocycles. The molecule has 20 heavy (non-hydrogen) atoms. The number of carbonyl (C=O) groups is 3. The molecule has 7 heteroatoms. The van der Waals surface area contributed by atoms with Gasteiger partial charge in [-0.15, -0.1) is 0 Å². The number of carboxylic acid groups (broad SMARTS) is 2. The molecular weight excluding hydrogens is 264 g/mol. The van der Waals surface area contributed by atoms with Crippen LogP contribution in [0.15, 0.2) is 24.3 Å². The molecule has 0 aliphatic rings. The van der Waals surface area contributed by atoms with Gasteiger partial charge < -0.3 is 20.8 Å². The van der Waals surface area contributed by atoms with Crippen LogP contribution in [0.2, 0.25) is 0 Å². The maximum absolute atomic E-state index is 12.1. The molecule has 1 atom stereocenters. The highest BCUT2D eigenvalue weighted by Gasteiger charge is 2.25. The van der Waals surface area contributed by atoms with Crippen LogP contribution in [0.5, 0.6) is 0 Å². The van der Waals surface area contributed by atoms with Crippen molar-refractivity contribution in [3.63, 3.8) is 0 Å². The second-order valence-corrected chi connectivity index (χ2v) is 4.37. The normalized spacial score (nSPS) is 11.7. The second kappa shape index (κ2) is 6.67. The first-order valence-electron chi connectivity index (χ1n) is 5.85. The van der Waals surface area contributed by atoms with Crippen molar-refractivity contribution in [3.05, 3.63) is 35.4 Å². The summed E-state index contributed by atoms with van der Waals surface area (Å²) >= 11 is 0. The maximum atomic E-state index is 12.1. The van der Waals surface area contributed by atoms with E-state index >= 15 is 0 Å². The lowest BCUT2D eigenvalue weighted by molar-refractivity contribution is -0.149. The van der Waals surface area contributed by atoms with Gasteiger partial charge in [-0.3, -0.25) is 14.4 Å². The van der Waals surface area contributed by atoms with E-state index in [2.05, 4.69) is 0 Å². The Morgan fingerprint density at radius 2 is 1.55 bits per heavy atom. The van der Waals surface area contributed by atoms with Gasteiger partial charge in [-0.05, 0) is 12.5 Å². The van der Waals surface area contributed by atoms with Crippen molar-refractivity contribution in [3.8, 4) is 0 Å². The average Bonchev–Trinajstić information content (AvgIpc) is 2.36. The van der Waals surface area contributed by atoms with Crippen molar-refractivity contribution in [2.24, 2.45) is 5.73 Å². The first-order valence-corrected chi connectivity index (χ1v) is 5.85. The van der Waals surface area contributed by atoms with Gasteiger partial charge >= 0.3 is 11.9 Å². The van der Waals surface area contributed by atoms with E-state index < -0.39 is 37.0 Å². The number of hydrogen-bond donors (Lipinski definition) is 3. The Labute approximate surface area is 115 Å². The Morgan fingerprint density at radius 3 is 1.95 bits per heavy atom. The summed E-state index contributed by atoms with van der Waals surface area (Å²) in [5.74, 6) is -3.33. The minimum absolute atomic E-state index is 0.501. The van der Waals surface area contributed by atoms with Crippen LogP contribution in [-0.2, 0) is 14.4 Å². The minimum atomic E-state index is -1.30. The number of nitrogens with two attached hydrogens (primary N) is 1. The van der Waals surface area contributed by atoms with E-state index in [1.165, 1.54) is 0 Å². The van der Waals surface area contributed by atoms with Crippen LogP contribution in [0.1, 0.15) is 17.2 Å². The van der Waals surface area contributed by atoms with Gasteiger partial charge in [0.25, 0.3) is 0 Å². The Bertz CT molecular complexity index is 496. The number of hydrogen-bond acceptors (Lipinski definition) is 4. The van der Waals surface area contributed by atoms with E-state index in [4.69, 9.17) is 15.9 Å². The van der Waals surface area contributed by atoms with Gasteiger partial charge in [0.15, 0.2) is 0 Å². The molecule has 0 saturated carbocycles. The fraction of sp³-hybridized carbons (Fsp3) is 0.308. The molecule has 1 unspecified atom stereocenters. The minimum Gasteiger partial charge on any atom is -0.480 e. The molecule has 1 rings (SSSR count). The van der Waals surface area contributed by atoms with E-state index in [1.807, 2.05) is 6.92 Å². The standard InChI is InChI=1S/C13H16N2O5/c1-8-2-4-9(5-3-8)12(14)13(20)15(6-10(16)17)7-11(18)19/h2-5,12H,6-7,14H2,1H3,(H,16,17)(H,18,19). The van der Waals surface area contributed by atoms with Crippen LogP contribution in [0, 0.1) is 6.92 Å². The summed E-state index contributed by atoms with van der Waals surface area (Å²) in [7, 11) is 0. The van der Waals surface area contributed by atoms with Gasteiger partial charge in [-0.1, -0.05) is 29.8 Å². The monoisotopic (exact) mass is 280 g/mol. The van der Waals surface area contributed by atoms with Crippen molar-refractivity contribution in [2.75, 3.05) is 13.1 Å². The molecule has 0 aliphatic heterocycles. The number of amides is 1. The highest BCUT2D eigenvalue weighted by atomic mass is 16.4. The Balaban J connectivity index is 2.89. The smallest absolute Gasteiger partial charge is 0.323 e. The maximum Gasteiger partial charge on any atom is 0.323 e. The fourth-order valence-electron chi connectivity index (χ4n) is 1.65. The molecule has 0 radical (unpaired) electrons. The van der Waals surface area contributed by atoms with E-state index in [9.17, 15) is 14.4 Å². The van der Waals surface area contributed by atoms with Crippen LogP contribution < -0.4 is 5.73 Å². The lowest BCUT2D eigenvalue weighted by atomic mass is 10.0. The highest BCUT2D eigenvalue weighted by molar-refractivity contribution is 5.89. The summed E-state index contributed by atoms with van der Waals surface area (Å²) in [5, 5.41) is 17.4. The quantitative estimate of drug-likeness (QED) is 0.674. The van der Waals surface area contributed by atoms with Crippen LogP contribution in [0.25, 0.3) is 0 Å². The molecule has 0 aliphatic carbocycles. The summed E-state index contributed by atoms with van der Waals surface area (Å²) in [6.07, 6.45) is 0. The molecule has 0 spiro atoms. The largest absolute Gasteiger partial charge is 0.480 e. The average molecular weight is 280 g/mol. The van der Waals surface area contributed by atoms with Crippen molar-refractivity contribution < 1.29 is 24.6 Å². The molecule has 0 bridgehead atoms. The summed E-state index contributed by atoms with van der Waals surface area (Å²) < 4.78 is 0. The highest BCUT2D eigenvalue weighted by Crippen LogP contribution is 2.14. The second-order valence-electron chi connectivity index (χ2n) is 4.37. The predicted octanol–water partition coefficient (Wildman–Crippen LogP) is -0.00738. The van der Waals surface area contributed by atoms with Crippen molar-refractivity contribution >= 4 is 17.8 Å². The zero-order chi connectivity index (χ0) is 15.3. The van der Waals surface area contributed by atoms with Gasteiger partial charge in [0.2, 0.25) is 5.91 Å². The van der Waals surface area contributed by atoms with Crippen molar-refractivity contribution in [1.82, 2.24) is 4.90 Å². The van der Waals surface area contributed by atoms with Gasteiger partial charge in [-0.2, -0.15) is 0 Å². The molecule has 1 amide bonds. The number of nitrogens with zero attached hydrogens (tertiary/aromatic N) is 1. The molecule has 7 nitrogen and oxygen atoms in total. The van der Waals surface area contributed by atoms with Gasteiger partial charge in [0, 0.05) is 0 Å². The van der Waals surface area contributed by atoms with Gasteiger partial charge in [0.05, 0.1) is 0 Å². The molecule has 108 valence electrons. The van der Waals surface area contributed by atoms with E-state index in [0.717, 1.165) is 5.56 Å². The topological polar surface area (TPSA) is 121 Å². The zero-order valence-corrected chi connectivity index (χ0v) is 10.9.